The fourth-order valence-electron chi connectivity index (χ4n) is 2.50. The molecule has 1 N–H and O–H groups in total. The number of nitrogens with zero attached hydrogens (tertiary/aromatic N) is 2. The number of hydrogen-bond acceptors (Lipinski definition) is 3. The Hall–Kier alpha value is -2.66. The first kappa shape index (κ1) is 17.2. The molecule has 0 amide bonds. The van der Waals surface area contributed by atoms with Crippen molar-refractivity contribution in [2.75, 3.05) is 0 Å². The van der Waals surface area contributed by atoms with Crippen LogP contribution in [-0.2, 0) is 26.2 Å². The molecule has 5 heteroatoms. The molecule has 1 heterocycles. The molecule has 0 bridgehead atoms. The first-order valence-corrected chi connectivity index (χ1v) is 8.42. The number of nitrogens with one attached hydrogen (secondary N) is 1. The van der Waals surface area contributed by atoms with E-state index in [9.17, 15) is 4.39 Å². The lowest BCUT2D eigenvalue weighted by molar-refractivity contribution is 0.300. The first-order chi connectivity index (χ1) is 12.2. The number of aryl methyl sites for hydroxylation is 1. The van der Waals surface area contributed by atoms with Gasteiger partial charge in [-0.1, -0.05) is 30.3 Å². The van der Waals surface area contributed by atoms with Crippen molar-refractivity contribution in [2.45, 2.75) is 33.2 Å². The third kappa shape index (κ3) is 4.90. The maximum Gasteiger partial charge on any atom is 0.129 e. The Bertz CT molecular complexity index is 799. The molecular weight excluding hydrogens is 317 g/mol. The maximum atomic E-state index is 13.6. The van der Waals surface area contributed by atoms with E-state index >= 15 is 0 Å². The van der Waals surface area contributed by atoms with E-state index in [1.54, 1.807) is 18.2 Å². The van der Waals surface area contributed by atoms with Crippen molar-refractivity contribution in [3.8, 4) is 5.75 Å². The van der Waals surface area contributed by atoms with Gasteiger partial charge in [0.25, 0.3) is 0 Å². The highest BCUT2D eigenvalue weighted by Crippen LogP contribution is 2.15. The van der Waals surface area contributed by atoms with Gasteiger partial charge in [0.1, 0.15) is 18.2 Å². The second kappa shape index (κ2) is 8.44. The van der Waals surface area contributed by atoms with Crippen LogP contribution in [0.4, 0.5) is 4.39 Å². The van der Waals surface area contributed by atoms with Crippen LogP contribution in [0.1, 0.15) is 23.6 Å². The van der Waals surface area contributed by atoms with Gasteiger partial charge in [-0.2, -0.15) is 5.10 Å². The van der Waals surface area contributed by atoms with Crippen molar-refractivity contribution < 1.29 is 9.13 Å². The lowest BCUT2D eigenvalue weighted by Gasteiger charge is -2.08. The molecule has 0 saturated heterocycles. The number of halogens is 1. The highest BCUT2D eigenvalue weighted by molar-refractivity contribution is 5.28. The lowest BCUT2D eigenvalue weighted by Crippen LogP contribution is -2.12. The molecule has 0 spiro atoms. The largest absolute Gasteiger partial charge is 0.489 e. The fourth-order valence-corrected chi connectivity index (χ4v) is 2.50. The summed E-state index contributed by atoms with van der Waals surface area (Å²) in [7, 11) is 0. The van der Waals surface area contributed by atoms with E-state index in [0.717, 1.165) is 25.4 Å². The molecule has 0 aliphatic rings. The molecule has 0 atom stereocenters. The molecule has 130 valence electrons. The Morgan fingerprint density at radius 2 is 1.80 bits per heavy atom. The van der Waals surface area contributed by atoms with E-state index in [1.807, 2.05) is 41.3 Å². The van der Waals surface area contributed by atoms with Gasteiger partial charge in [0.05, 0.1) is 6.20 Å². The summed E-state index contributed by atoms with van der Waals surface area (Å²) in [5.41, 5.74) is 2.90. The van der Waals surface area contributed by atoms with Gasteiger partial charge in [-0.15, -0.1) is 0 Å². The summed E-state index contributed by atoms with van der Waals surface area (Å²) in [5.74, 6) is 0.492. The van der Waals surface area contributed by atoms with E-state index in [0.29, 0.717) is 5.56 Å². The van der Waals surface area contributed by atoms with Crippen LogP contribution >= 0.6 is 0 Å². The van der Waals surface area contributed by atoms with Crippen molar-refractivity contribution >= 4 is 0 Å². The van der Waals surface area contributed by atoms with Crippen LogP contribution in [0.3, 0.4) is 0 Å². The Labute approximate surface area is 147 Å². The molecule has 1 aromatic heterocycles. The van der Waals surface area contributed by atoms with Gasteiger partial charge >= 0.3 is 0 Å². The predicted octanol–water partition coefficient (Wildman–Crippen LogP) is 3.91. The molecule has 0 aliphatic heterocycles. The van der Waals surface area contributed by atoms with Crippen molar-refractivity contribution in [1.29, 1.82) is 0 Å². The second-order valence-electron chi connectivity index (χ2n) is 5.83. The second-order valence-corrected chi connectivity index (χ2v) is 5.83. The Kier molecular flexibility index (Phi) is 5.80. The van der Waals surface area contributed by atoms with Crippen molar-refractivity contribution in [3.05, 3.63) is 83.4 Å². The topological polar surface area (TPSA) is 39.1 Å². The van der Waals surface area contributed by atoms with Gasteiger partial charge in [-0.3, -0.25) is 4.68 Å². The van der Waals surface area contributed by atoms with E-state index in [1.165, 1.54) is 17.2 Å². The zero-order valence-electron chi connectivity index (χ0n) is 14.3. The van der Waals surface area contributed by atoms with Crippen molar-refractivity contribution in [3.63, 3.8) is 0 Å². The summed E-state index contributed by atoms with van der Waals surface area (Å²) >= 11 is 0. The van der Waals surface area contributed by atoms with E-state index in [-0.39, 0.29) is 12.4 Å². The molecule has 25 heavy (non-hydrogen) atoms. The fraction of sp³-hybridized carbons (Fsp3) is 0.250. The molecule has 0 aliphatic carbocycles. The molecule has 4 nitrogen and oxygen atoms in total. The summed E-state index contributed by atoms with van der Waals surface area (Å²) in [6, 6.07) is 14.5. The van der Waals surface area contributed by atoms with E-state index in [4.69, 9.17) is 4.74 Å². The molecular formula is C20H22FN3O. The summed E-state index contributed by atoms with van der Waals surface area (Å²) in [5, 5.41) is 7.65. The lowest BCUT2D eigenvalue weighted by atomic mass is 10.2. The van der Waals surface area contributed by atoms with Crippen molar-refractivity contribution in [2.24, 2.45) is 0 Å². The third-order valence-electron chi connectivity index (χ3n) is 3.94. The average molecular weight is 339 g/mol. The summed E-state index contributed by atoms with van der Waals surface area (Å²) in [6.07, 6.45) is 3.93. The molecule has 0 fully saturated rings. The Morgan fingerprint density at radius 1 is 1.04 bits per heavy atom. The molecule has 2 aromatic carbocycles. The summed E-state index contributed by atoms with van der Waals surface area (Å²) < 4.78 is 21.1. The van der Waals surface area contributed by atoms with Crippen LogP contribution in [0.2, 0.25) is 0 Å². The van der Waals surface area contributed by atoms with Crippen LogP contribution in [0, 0.1) is 5.82 Å². The smallest absolute Gasteiger partial charge is 0.129 e. The highest BCUT2D eigenvalue weighted by Gasteiger charge is 2.02. The monoisotopic (exact) mass is 339 g/mol. The molecule has 0 unspecified atom stereocenters. The SMILES string of the molecule is CCn1cc(CNCc2ccc(OCc3ccccc3F)cc2)cn1. The molecule has 0 radical (unpaired) electrons. The van der Waals surface area contributed by atoms with Gasteiger partial charge in [-0.05, 0) is 30.7 Å². The summed E-state index contributed by atoms with van der Waals surface area (Å²) in [6.45, 7) is 4.73. The Morgan fingerprint density at radius 3 is 2.52 bits per heavy atom. The number of benzene rings is 2. The standard InChI is InChI=1S/C20H22FN3O/c1-2-24-14-17(13-23-24)12-22-11-16-7-9-19(10-8-16)25-15-18-5-3-4-6-20(18)21/h3-10,13-14,22H,2,11-12,15H2,1H3. The normalized spacial score (nSPS) is 10.8. The predicted molar refractivity (Wildman–Crippen MR) is 95.6 cm³/mol. The number of hydrogen-bond donors (Lipinski definition) is 1. The van der Waals surface area contributed by atoms with E-state index in [2.05, 4.69) is 17.3 Å². The quantitative estimate of drug-likeness (QED) is 0.676. The van der Waals surface area contributed by atoms with Crippen LogP contribution in [0.15, 0.2) is 60.9 Å². The number of rotatable bonds is 8. The van der Waals surface area contributed by atoms with Crippen LogP contribution in [-0.4, -0.2) is 9.78 Å². The highest BCUT2D eigenvalue weighted by atomic mass is 19.1. The molecule has 0 saturated carbocycles. The van der Waals surface area contributed by atoms with Gasteiger partial charge in [0.2, 0.25) is 0 Å². The molecule has 3 aromatic rings. The third-order valence-corrected chi connectivity index (χ3v) is 3.94. The number of ether oxygens (including phenoxy) is 1. The minimum Gasteiger partial charge on any atom is -0.489 e. The Balaban J connectivity index is 1.46. The number of aromatic nitrogens is 2. The first-order valence-electron chi connectivity index (χ1n) is 8.42. The minimum atomic E-state index is -0.241. The van der Waals surface area contributed by atoms with Gasteiger partial charge in [-0.25, -0.2) is 4.39 Å². The van der Waals surface area contributed by atoms with Crippen LogP contribution in [0.5, 0.6) is 5.75 Å². The van der Waals surface area contributed by atoms with Crippen molar-refractivity contribution in [1.82, 2.24) is 15.1 Å². The molecule has 3 rings (SSSR count). The zero-order chi connectivity index (χ0) is 17.5. The van der Waals surface area contributed by atoms with Gasteiger partial charge in [0.15, 0.2) is 0 Å². The minimum absolute atomic E-state index is 0.228. The van der Waals surface area contributed by atoms with Gasteiger partial charge < -0.3 is 10.1 Å². The van der Waals surface area contributed by atoms with Gasteiger partial charge in [0, 0.05) is 37.0 Å². The average Bonchev–Trinajstić information content (AvgIpc) is 3.10. The maximum absolute atomic E-state index is 13.6. The van der Waals surface area contributed by atoms with Crippen LogP contribution < -0.4 is 10.1 Å². The summed E-state index contributed by atoms with van der Waals surface area (Å²) in [4.78, 5) is 0. The van der Waals surface area contributed by atoms with E-state index < -0.39 is 0 Å². The van der Waals surface area contributed by atoms with Crippen LogP contribution in [0.25, 0.3) is 0 Å². The zero-order valence-corrected chi connectivity index (χ0v) is 14.3.